The lowest BCUT2D eigenvalue weighted by molar-refractivity contribution is 0.00455. The zero-order valence-electron chi connectivity index (χ0n) is 11.0. The predicted octanol–water partition coefficient (Wildman–Crippen LogP) is 1.13. The van der Waals surface area contributed by atoms with Crippen molar-refractivity contribution >= 4 is 33.8 Å². The van der Waals surface area contributed by atoms with E-state index in [1.54, 1.807) is 0 Å². The van der Waals surface area contributed by atoms with Gasteiger partial charge in [0, 0.05) is 24.5 Å². The summed E-state index contributed by atoms with van der Waals surface area (Å²) in [7, 11) is -3.40. The molecule has 2 heterocycles. The van der Waals surface area contributed by atoms with Crippen molar-refractivity contribution in [1.82, 2.24) is 4.31 Å². The Balaban J connectivity index is 0.00000180. The summed E-state index contributed by atoms with van der Waals surface area (Å²) in [6.07, 6.45) is -0.199. The van der Waals surface area contributed by atoms with Crippen LogP contribution in [-0.4, -0.2) is 45.1 Å². The highest BCUT2D eigenvalue weighted by Crippen LogP contribution is 2.29. The third-order valence-electron chi connectivity index (χ3n) is 2.93. The van der Waals surface area contributed by atoms with E-state index in [4.69, 9.17) is 10.5 Å². The summed E-state index contributed by atoms with van der Waals surface area (Å²) in [5.74, 6) is 0. The van der Waals surface area contributed by atoms with Crippen molar-refractivity contribution in [1.29, 1.82) is 0 Å². The van der Waals surface area contributed by atoms with Gasteiger partial charge in [-0.1, -0.05) is 0 Å². The second-order valence-electron chi connectivity index (χ2n) is 4.42. The maximum atomic E-state index is 12.5. The van der Waals surface area contributed by atoms with E-state index in [2.05, 4.69) is 0 Å². The van der Waals surface area contributed by atoms with E-state index in [9.17, 15) is 8.42 Å². The van der Waals surface area contributed by atoms with Crippen LogP contribution in [0.2, 0.25) is 0 Å². The Kier molecular flexibility index (Phi) is 5.78. The fourth-order valence-corrected chi connectivity index (χ4v) is 5.30. The van der Waals surface area contributed by atoms with Gasteiger partial charge in [0.1, 0.15) is 4.21 Å². The number of halogens is 1. The smallest absolute Gasteiger partial charge is 0.252 e. The molecule has 110 valence electrons. The highest BCUT2D eigenvalue weighted by Gasteiger charge is 2.32. The molecule has 2 rings (SSSR count). The van der Waals surface area contributed by atoms with Crippen LogP contribution in [0.15, 0.2) is 10.3 Å². The van der Waals surface area contributed by atoms with Crippen LogP contribution < -0.4 is 5.73 Å². The molecule has 1 unspecified atom stereocenters. The van der Waals surface area contributed by atoms with Crippen LogP contribution in [0.5, 0.6) is 0 Å². The minimum absolute atomic E-state index is 0. The second kappa shape index (κ2) is 6.51. The molecule has 1 aromatic heterocycles. The van der Waals surface area contributed by atoms with E-state index < -0.39 is 10.0 Å². The van der Waals surface area contributed by atoms with Gasteiger partial charge in [-0.15, -0.1) is 23.7 Å². The van der Waals surface area contributed by atoms with Gasteiger partial charge in [0.05, 0.1) is 12.7 Å². The summed E-state index contributed by atoms with van der Waals surface area (Å²) in [5, 5.41) is 0. The molecule has 0 bridgehead atoms. The van der Waals surface area contributed by atoms with Crippen molar-refractivity contribution in [3.05, 3.63) is 16.5 Å². The molecule has 1 saturated heterocycles. The number of hydrogen-bond acceptors (Lipinski definition) is 5. The topological polar surface area (TPSA) is 72.6 Å². The first-order chi connectivity index (χ1) is 8.45. The zero-order chi connectivity index (χ0) is 13.3. The molecule has 1 aliphatic rings. The van der Waals surface area contributed by atoms with E-state index in [1.165, 1.54) is 15.6 Å². The van der Waals surface area contributed by atoms with E-state index in [0.717, 1.165) is 10.4 Å². The summed E-state index contributed by atoms with van der Waals surface area (Å²) in [6, 6.07) is 1.90. The van der Waals surface area contributed by atoms with Crippen molar-refractivity contribution < 1.29 is 13.2 Å². The first-order valence-electron chi connectivity index (χ1n) is 5.84. The summed E-state index contributed by atoms with van der Waals surface area (Å²) >= 11 is 1.32. The largest absolute Gasteiger partial charge is 0.374 e. The van der Waals surface area contributed by atoms with Crippen LogP contribution in [-0.2, 0) is 14.8 Å². The number of nitrogens with zero attached hydrogens (tertiary/aromatic N) is 1. The molecule has 5 nitrogen and oxygen atoms in total. The first-order valence-corrected chi connectivity index (χ1v) is 8.09. The molecular weight excluding hydrogens is 308 g/mol. The van der Waals surface area contributed by atoms with Gasteiger partial charge in [0.25, 0.3) is 10.0 Å². The second-order valence-corrected chi connectivity index (χ2v) is 7.81. The Morgan fingerprint density at radius 2 is 2.21 bits per heavy atom. The lowest BCUT2D eigenvalue weighted by Crippen LogP contribution is -2.47. The molecule has 8 heteroatoms. The molecule has 19 heavy (non-hydrogen) atoms. The van der Waals surface area contributed by atoms with Crippen LogP contribution in [0.25, 0.3) is 0 Å². The standard InChI is InChI=1S/C11H18N2O3S2.ClH/c1-8-5-9(2)17-11(8)18(14,15)13-3-4-16-10(6-12)7-13;/h5,10H,3-4,6-7,12H2,1-2H3;1H. The summed E-state index contributed by atoms with van der Waals surface area (Å²) in [5.41, 5.74) is 6.35. The molecule has 0 aromatic carbocycles. The Hall–Kier alpha value is -0.180. The summed E-state index contributed by atoms with van der Waals surface area (Å²) < 4.78 is 32.4. The molecule has 1 fully saturated rings. The highest BCUT2D eigenvalue weighted by atomic mass is 35.5. The molecule has 1 aromatic rings. The van der Waals surface area contributed by atoms with Crippen molar-refractivity contribution in [2.45, 2.75) is 24.2 Å². The number of hydrogen-bond donors (Lipinski definition) is 1. The van der Waals surface area contributed by atoms with E-state index in [-0.39, 0.29) is 18.5 Å². The monoisotopic (exact) mass is 326 g/mol. The Morgan fingerprint density at radius 3 is 2.74 bits per heavy atom. The van der Waals surface area contributed by atoms with Crippen LogP contribution in [0, 0.1) is 13.8 Å². The molecule has 0 saturated carbocycles. The predicted molar refractivity (Wildman–Crippen MR) is 78.6 cm³/mol. The van der Waals surface area contributed by atoms with Gasteiger partial charge in [-0.25, -0.2) is 8.42 Å². The van der Waals surface area contributed by atoms with Gasteiger partial charge >= 0.3 is 0 Å². The maximum Gasteiger partial charge on any atom is 0.252 e. The third-order valence-corrected chi connectivity index (χ3v) is 6.57. The van der Waals surface area contributed by atoms with E-state index >= 15 is 0 Å². The molecule has 0 spiro atoms. The Morgan fingerprint density at radius 1 is 1.53 bits per heavy atom. The van der Waals surface area contributed by atoms with Crippen molar-refractivity contribution in [3.8, 4) is 0 Å². The average Bonchev–Trinajstić information content (AvgIpc) is 2.69. The number of thiophene rings is 1. The molecule has 1 aliphatic heterocycles. The van der Waals surface area contributed by atoms with Crippen molar-refractivity contribution in [3.63, 3.8) is 0 Å². The van der Waals surface area contributed by atoms with Gasteiger partial charge in [0.2, 0.25) is 0 Å². The summed E-state index contributed by atoms with van der Waals surface area (Å²) in [4.78, 5) is 1.01. The minimum atomic E-state index is -3.40. The highest BCUT2D eigenvalue weighted by molar-refractivity contribution is 7.91. The number of aryl methyl sites for hydroxylation is 2. The quantitative estimate of drug-likeness (QED) is 0.904. The Bertz CT molecular complexity index is 530. The van der Waals surface area contributed by atoms with Gasteiger partial charge in [-0.05, 0) is 25.5 Å². The molecule has 2 N–H and O–H groups in total. The van der Waals surface area contributed by atoms with Gasteiger partial charge in [-0.2, -0.15) is 4.31 Å². The van der Waals surface area contributed by atoms with Crippen molar-refractivity contribution in [2.75, 3.05) is 26.2 Å². The number of nitrogens with two attached hydrogens (primary N) is 1. The lowest BCUT2D eigenvalue weighted by Gasteiger charge is -2.31. The molecule has 1 atom stereocenters. The number of sulfonamides is 1. The van der Waals surface area contributed by atoms with Gasteiger partial charge in [-0.3, -0.25) is 0 Å². The van der Waals surface area contributed by atoms with E-state index in [0.29, 0.717) is 30.5 Å². The molecular formula is C11H19ClN2O3S2. The zero-order valence-corrected chi connectivity index (χ0v) is 13.4. The normalized spacial score (nSPS) is 21.1. The SMILES string of the molecule is Cc1cc(C)c(S(=O)(=O)N2CCOC(CN)C2)s1.Cl. The van der Waals surface area contributed by atoms with Crippen LogP contribution in [0.4, 0.5) is 0 Å². The van der Waals surface area contributed by atoms with Crippen LogP contribution in [0.3, 0.4) is 0 Å². The fourth-order valence-electron chi connectivity index (χ4n) is 2.05. The van der Waals surface area contributed by atoms with Gasteiger partial charge in [0.15, 0.2) is 0 Å². The number of ether oxygens (including phenoxy) is 1. The molecule has 0 radical (unpaired) electrons. The van der Waals surface area contributed by atoms with Crippen LogP contribution in [0.1, 0.15) is 10.4 Å². The third kappa shape index (κ3) is 3.48. The first kappa shape index (κ1) is 16.9. The summed E-state index contributed by atoms with van der Waals surface area (Å²) in [6.45, 7) is 5.24. The molecule has 0 aliphatic carbocycles. The fraction of sp³-hybridized carbons (Fsp3) is 0.636. The number of morpholine rings is 1. The van der Waals surface area contributed by atoms with Crippen molar-refractivity contribution in [2.24, 2.45) is 5.73 Å². The molecule has 0 amide bonds. The minimum Gasteiger partial charge on any atom is -0.374 e. The lowest BCUT2D eigenvalue weighted by atomic mass is 10.3. The van der Waals surface area contributed by atoms with E-state index in [1.807, 2.05) is 19.9 Å². The van der Waals surface area contributed by atoms with Gasteiger partial charge < -0.3 is 10.5 Å². The van der Waals surface area contributed by atoms with Crippen LogP contribution >= 0.6 is 23.7 Å². The number of rotatable bonds is 3. The Labute approximate surface area is 124 Å². The average molecular weight is 327 g/mol. The maximum absolute atomic E-state index is 12.5.